The third-order valence-corrected chi connectivity index (χ3v) is 3.50. The number of aryl methyl sites for hydroxylation is 1. The van der Waals surface area contributed by atoms with Gasteiger partial charge in [0.05, 0.1) is 18.2 Å². The summed E-state index contributed by atoms with van der Waals surface area (Å²) in [6.45, 7) is 2.08. The van der Waals surface area contributed by atoms with Crippen LogP contribution in [0.15, 0.2) is 42.5 Å². The Balaban J connectivity index is 2.54. The van der Waals surface area contributed by atoms with Gasteiger partial charge in [0, 0.05) is 0 Å². The average molecular weight is 312 g/mol. The average Bonchev–Trinajstić information content (AvgIpc) is 2.60. The molecule has 0 spiro atoms. The van der Waals surface area contributed by atoms with E-state index in [2.05, 4.69) is 9.47 Å². The highest BCUT2D eigenvalue weighted by atomic mass is 16.6. The molecule has 2 aromatic carbocycles. The van der Waals surface area contributed by atoms with Gasteiger partial charge < -0.3 is 9.47 Å². The van der Waals surface area contributed by atoms with Crippen LogP contribution < -0.4 is 0 Å². The van der Waals surface area contributed by atoms with E-state index >= 15 is 0 Å². The van der Waals surface area contributed by atoms with Crippen molar-refractivity contribution in [3.8, 4) is 11.1 Å². The molecule has 0 aliphatic carbocycles. The molecule has 0 saturated carbocycles. The highest BCUT2D eigenvalue weighted by Crippen LogP contribution is 2.29. The van der Waals surface area contributed by atoms with Gasteiger partial charge in [-0.25, -0.2) is 9.59 Å². The van der Waals surface area contributed by atoms with E-state index in [1.165, 1.54) is 7.11 Å². The van der Waals surface area contributed by atoms with Crippen LogP contribution in [-0.4, -0.2) is 25.5 Å². The van der Waals surface area contributed by atoms with E-state index in [1.807, 2.05) is 13.0 Å². The molecule has 0 radical (unpaired) electrons. The van der Waals surface area contributed by atoms with Crippen LogP contribution in [0.5, 0.6) is 0 Å². The number of carbonyl (C=O) groups is 3. The zero-order valence-electron chi connectivity index (χ0n) is 12.9. The van der Waals surface area contributed by atoms with Crippen LogP contribution in [-0.2, 0) is 20.7 Å². The van der Waals surface area contributed by atoms with Gasteiger partial charge in [-0.2, -0.15) is 0 Å². The van der Waals surface area contributed by atoms with Crippen molar-refractivity contribution < 1.29 is 23.9 Å². The lowest BCUT2D eigenvalue weighted by atomic mass is 9.92. The summed E-state index contributed by atoms with van der Waals surface area (Å²) in [5.41, 5.74) is 3.12. The number of benzene rings is 2. The quantitative estimate of drug-likeness (QED) is 0.482. The maximum Gasteiger partial charge on any atom is 0.346 e. The summed E-state index contributed by atoms with van der Waals surface area (Å²) in [6, 6.07) is 12.0. The summed E-state index contributed by atoms with van der Waals surface area (Å²) in [5, 5.41) is 0. The number of ether oxygens (including phenoxy) is 2. The maximum atomic E-state index is 12.0. The summed E-state index contributed by atoms with van der Waals surface area (Å²) in [5.74, 6) is -1.14. The zero-order chi connectivity index (χ0) is 16.8. The predicted molar refractivity (Wildman–Crippen MR) is 84.1 cm³/mol. The highest BCUT2D eigenvalue weighted by Gasteiger charge is 2.17. The smallest absolute Gasteiger partial charge is 0.346 e. The molecule has 0 bridgehead atoms. The Morgan fingerprint density at radius 2 is 1.74 bits per heavy atom. The molecule has 0 atom stereocenters. The zero-order valence-corrected chi connectivity index (χ0v) is 12.9. The predicted octanol–water partition coefficient (Wildman–Crippen LogP) is 3.02. The van der Waals surface area contributed by atoms with Crippen molar-refractivity contribution in [1.82, 2.24) is 0 Å². The molecule has 2 rings (SSSR count). The van der Waals surface area contributed by atoms with E-state index in [0.29, 0.717) is 23.1 Å². The van der Waals surface area contributed by atoms with E-state index < -0.39 is 11.9 Å². The second-order valence-electron chi connectivity index (χ2n) is 4.76. The van der Waals surface area contributed by atoms with Crippen LogP contribution in [0, 0.1) is 0 Å². The summed E-state index contributed by atoms with van der Waals surface area (Å²) >= 11 is 0. The van der Waals surface area contributed by atoms with Crippen LogP contribution in [0.2, 0.25) is 0 Å². The second-order valence-corrected chi connectivity index (χ2v) is 4.76. The second kappa shape index (κ2) is 7.35. The van der Waals surface area contributed by atoms with Gasteiger partial charge >= 0.3 is 18.4 Å². The van der Waals surface area contributed by atoms with Crippen molar-refractivity contribution >= 4 is 18.4 Å². The van der Waals surface area contributed by atoms with Crippen molar-refractivity contribution in [2.45, 2.75) is 13.3 Å². The van der Waals surface area contributed by atoms with Crippen LogP contribution in [0.3, 0.4) is 0 Å². The number of esters is 2. The van der Waals surface area contributed by atoms with Crippen LogP contribution in [0.1, 0.15) is 33.2 Å². The van der Waals surface area contributed by atoms with E-state index in [0.717, 1.165) is 11.1 Å². The molecular formula is C18H16O5. The minimum Gasteiger partial charge on any atom is -0.465 e. The molecule has 0 saturated heterocycles. The number of hydrogen-bond acceptors (Lipinski definition) is 5. The molecule has 0 amide bonds. The van der Waals surface area contributed by atoms with Crippen molar-refractivity contribution in [3.63, 3.8) is 0 Å². The standard InChI is InChI=1S/C18H16O5/c1-3-12-5-4-6-15(18(21)23-11-19)16(12)13-7-9-14(10-8-13)17(20)22-2/h4-11H,3H2,1-2H3. The van der Waals surface area contributed by atoms with Gasteiger partial charge in [-0.15, -0.1) is 0 Å². The fourth-order valence-electron chi connectivity index (χ4n) is 2.40. The molecule has 118 valence electrons. The van der Waals surface area contributed by atoms with Crippen LogP contribution >= 0.6 is 0 Å². The fraction of sp³-hybridized carbons (Fsp3) is 0.167. The molecule has 5 nitrogen and oxygen atoms in total. The largest absolute Gasteiger partial charge is 0.465 e. The Bertz CT molecular complexity index is 732. The molecule has 0 fully saturated rings. The van der Waals surface area contributed by atoms with E-state index in [-0.39, 0.29) is 6.47 Å². The lowest BCUT2D eigenvalue weighted by Crippen LogP contribution is -2.07. The van der Waals surface area contributed by atoms with Gasteiger partial charge in [-0.1, -0.05) is 31.2 Å². The van der Waals surface area contributed by atoms with Gasteiger partial charge in [0.25, 0.3) is 0 Å². The summed E-state index contributed by atoms with van der Waals surface area (Å²) < 4.78 is 9.14. The molecule has 5 heteroatoms. The van der Waals surface area contributed by atoms with Crippen LogP contribution in [0.4, 0.5) is 0 Å². The first-order valence-electron chi connectivity index (χ1n) is 7.07. The number of rotatable bonds is 5. The molecule has 0 unspecified atom stereocenters. The number of carbonyl (C=O) groups excluding carboxylic acids is 3. The van der Waals surface area contributed by atoms with Gasteiger partial charge in [0.2, 0.25) is 0 Å². The van der Waals surface area contributed by atoms with Gasteiger partial charge in [0.1, 0.15) is 0 Å². The molecule has 23 heavy (non-hydrogen) atoms. The van der Waals surface area contributed by atoms with E-state index in [9.17, 15) is 14.4 Å². The third kappa shape index (κ3) is 3.45. The Hall–Kier alpha value is -2.95. The lowest BCUT2D eigenvalue weighted by Gasteiger charge is -2.13. The van der Waals surface area contributed by atoms with E-state index in [1.54, 1.807) is 36.4 Å². The number of methoxy groups -OCH3 is 1. The van der Waals surface area contributed by atoms with Crippen molar-refractivity contribution in [3.05, 3.63) is 59.2 Å². The topological polar surface area (TPSA) is 69.7 Å². The molecule has 0 N–H and O–H groups in total. The molecule has 0 aromatic heterocycles. The Morgan fingerprint density at radius 1 is 1.04 bits per heavy atom. The Morgan fingerprint density at radius 3 is 2.30 bits per heavy atom. The molecule has 2 aromatic rings. The van der Waals surface area contributed by atoms with Crippen molar-refractivity contribution in [1.29, 1.82) is 0 Å². The third-order valence-electron chi connectivity index (χ3n) is 3.50. The summed E-state index contributed by atoms with van der Waals surface area (Å²) in [7, 11) is 1.32. The Kier molecular flexibility index (Phi) is 5.25. The first kappa shape index (κ1) is 16.4. The van der Waals surface area contributed by atoms with Gasteiger partial charge in [-0.3, -0.25) is 4.79 Å². The van der Waals surface area contributed by atoms with Crippen molar-refractivity contribution in [2.75, 3.05) is 7.11 Å². The van der Waals surface area contributed by atoms with Crippen molar-refractivity contribution in [2.24, 2.45) is 0 Å². The van der Waals surface area contributed by atoms with Crippen LogP contribution in [0.25, 0.3) is 11.1 Å². The normalized spacial score (nSPS) is 10.0. The van der Waals surface area contributed by atoms with Gasteiger partial charge in [-0.05, 0) is 41.3 Å². The molecule has 0 heterocycles. The highest BCUT2D eigenvalue weighted by molar-refractivity contribution is 6.00. The fourth-order valence-corrected chi connectivity index (χ4v) is 2.40. The first-order chi connectivity index (χ1) is 11.1. The minimum atomic E-state index is -0.706. The monoisotopic (exact) mass is 312 g/mol. The number of hydrogen-bond donors (Lipinski definition) is 0. The molecule has 0 aliphatic heterocycles. The first-order valence-corrected chi connectivity index (χ1v) is 7.07. The summed E-state index contributed by atoms with van der Waals surface area (Å²) in [4.78, 5) is 34.0. The Labute approximate surface area is 133 Å². The SMILES string of the molecule is CCc1cccc(C(=O)OC=O)c1-c1ccc(C(=O)OC)cc1. The minimum absolute atomic E-state index is 0.116. The maximum absolute atomic E-state index is 12.0. The summed E-state index contributed by atoms with van der Waals surface area (Å²) in [6.07, 6.45) is 0.705. The lowest BCUT2D eigenvalue weighted by molar-refractivity contribution is -0.123. The van der Waals surface area contributed by atoms with Gasteiger partial charge in [0.15, 0.2) is 0 Å². The van der Waals surface area contributed by atoms with E-state index in [4.69, 9.17) is 0 Å². The molecule has 0 aliphatic rings. The molecular weight excluding hydrogens is 296 g/mol.